The predicted octanol–water partition coefficient (Wildman–Crippen LogP) is 1.10. The van der Waals surface area contributed by atoms with Crippen molar-refractivity contribution in [2.24, 2.45) is 16.8 Å². The number of hydrogen-bond acceptors (Lipinski definition) is 4. The van der Waals surface area contributed by atoms with Crippen molar-refractivity contribution in [3.8, 4) is 0 Å². The molecule has 8 heteroatoms. The normalized spacial score (nSPS) is 21.6. The van der Waals surface area contributed by atoms with Gasteiger partial charge in [-0.3, -0.25) is 4.79 Å². The van der Waals surface area contributed by atoms with Crippen molar-refractivity contribution in [3.05, 3.63) is 35.4 Å². The molecule has 0 saturated carbocycles. The maximum absolute atomic E-state index is 12.7. The zero-order valence-electron chi connectivity index (χ0n) is 13.1. The molecule has 0 radical (unpaired) electrons. The van der Waals surface area contributed by atoms with Crippen LogP contribution in [-0.4, -0.2) is 38.4 Å². The monoisotopic (exact) mass is 361 g/mol. The van der Waals surface area contributed by atoms with Crippen LogP contribution in [0.2, 0.25) is 0 Å². The topological polar surface area (TPSA) is 106 Å². The first-order valence-electron chi connectivity index (χ1n) is 7.40. The van der Waals surface area contributed by atoms with Crippen LogP contribution in [0.15, 0.2) is 24.3 Å². The summed E-state index contributed by atoms with van der Waals surface area (Å²) in [6, 6.07) is 6.66. The van der Waals surface area contributed by atoms with Gasteiger partial charge < -0.3 is 10.6 Å². The smallest absolute Gasteiger partial charge is 0.254 e. The standard InChI is InChI=1S/C15H23N3O3S.ClH/c1-11-5-6-18(14(7-11)9-16)15(19)13-4-2-3-12(8-13)10-22(17,20)21;/h2-4,8,11,14H,5-7,9-10,16H2,1H3,(H2,17,20,21);1H. The number of amides is 1. The molecule has 4 N–H and O–H groups in total. The highest BCUT2D eigenvalue weighted by Gasteiger charge is 2.29. The third kappa shape index (κ3) is 5.46. The summed E-state index contributed by atoms with van der Waals surface area (Å²) in [7, 11) is -3.61. The van der Waals surface area contributed by atoms with Crippen molar-refractivity contribution < 1.29 is 13.2 Å². The lowest BCUT2D eigenvalue weighted by Crippen LogP contribution is -2.49. The summed E-state index contributed by atoms with van der Waals surface area (Å²) in [5.41, 5.74) is 6.79. The lowest BCUT2D eigenvalue weighted by atomic mass is 9.92. The zero-order chi connectivity index (χ0) is 16.3. The number of benzene rings is 1. The Kier molecular flexibility index (Phi) is 7.01. The van der Waals surface area contributed by atoms with Crippen LogP contribution in [0.1, 0.15) is 35.7 Å². The van der Waals surface area contributed by atoms with Gasteiger partial charge in [-0.05, 0) is 36.5 Å². The van der Waals surface area contributed by atoms with Gasteiger partial charge in [0.05, 0.1) is 5.75 Å². The number of halogens is 1. The van der Waals surface area contributed by atoms with Crippen LogP contribution < -0.4 is 10.9 Å². The molecule has 2 unspecified atom stereocenters. The van der Waals surface area contributed by atoms with Crippen molar-refractivity contribution in [3.63, 3.8) is 0 Å². The first-order valence-corrected chi connectivity index (χ1v) is 9.12. The molecule has 0 aromatic heterocycles. The molecule has 1 saturated heterocycles. The number of piperidine rings is 1. The number of nitrogens with zero attached hydrogens (tertiary/aromatic N) is 1. The highest BCUT2D eigenvalue weighted by Crippen LogP contribution is 2.24. The van der Waals surface area contributed by atoms with Gasteiger partial charge in [-0.2, -0.15) is 0 Å². The molecule has 1 aliphatic rings. The van der Waals surface area contributed by atoms with Crippen molar-refractivity contribution in [1.82, 2.24) is 4.90 Å². The van der Waals surface area contributed by atoms with Crippen LogP contribution in [0.3, 0.4) is 0 Å². The van der Waals surface area contributed by atoms with Crippen LogP contribution in [0.25, 0.3) is 0 Å². The van der Waals surface area contributed by atoms with E-state index in [2.05, 4.69) is 6.92 Å². The summed E-state index contributed by atoms with van der Waals surface area (Å²) in [5.74, 6) is 0.191. The third-order valence-corrected chi connectivity index (χ3v) is 4.79. The average Bonchev–Trinajstić information content (AvgIpc) is 2.45. The zero-order valence-corrected chi connectivity index (χ0v) is 14.8. The Morgan fingerprint density at radius 1 is 1.39 bits per heavy atom. The van der Waals surface area contributed by atoms with Gasteiger partial charge in [0.1, 0.15) is 0 Å². The first-order chi connectivity index (χ1) is 10.3. The first kappa shape index (κ1) is 19.9. The molecule has 2 rings (SSSR count). The van der Waals surface area contributed by atoms with E-state index >= 15 is 0 Å². The summed E-state index contributed by atoms with van der Waals surface area (Å²) in [5, 5.41) is 5.06. The Balaban J connectivity index is 0.00000264. The Labute approximate surface area is 143 Å². The minimum atomic E-state index is -3.61. The van der Waals surface area contributed by atoms with E-state index in [0.717, 1.165) is 12.8 Å². The molecule has 0 bridgehead atoms. The second-order valence-electron chi connectivity index (χ2n) is 6.03. The fourth-order valence-corrected chi connectivity index (χ4v) is 3.58. The quantitative estimate of drug-likeness (QED) is 0.837. The minimum Gasteiger partial charge on any atom is -0.334 e. The minimum absolute atomic E-state index is 0. The second kappa shape index (κ2) is 8.10. The molecular weight excluding hydrogens is 338 g/mol. The second-order valence-corrected chi connectivity index (χ2v) is 7.64. The Hall–Kier alpha value is -1.15. The summed E-state index contributed by atoms with van der Waals surface area (Å²) in [6.07, 6.45) is 1.86. The lowest BCUT2D eigenvalue weighted by Gasteiger charge is -2.38. The van der Waals surface area contributed by atoms with E-state index in [1.807, 2.05) is 0 Å². The highest BCUT2D eigenvalue weighted by molar-refractivity contribution is 7.88. The molecule has 1 aromatic carbocycles. The number of hydrogen-bond donors (Lipinski definition) is 2. The van der Waals surface area contributed by atoms with Crippen molar-refractivity contribution in [1.29, 1.82) is 0 Å². The maximum atomic E-state index is 12.7. The maximum Gasteiger partial charge on any atom is 0.254 e. The molecule has 0 aliphatic carbocycles. The van der Waals surface area contributed by atoms with Gasteiger partial charge in [-0.25, -0.2) is 13.6 Å². The number of primary sulfonamides is 1. The molecule has 0 spiro atoms. The van der Waals surface area contributed by atoms with Gasteiger partial charge in [0.25, 0.3) is 5.91 Å². The van der Waals surface area contributed by atoms with Gasteiger partial charge in [0.2, 0.25) is 10.0 Å². The number of rotatable bonds is 4. The molecule has 23 heavy (non-hydrogen) atoms. The van der Waals surface area contributed by atoms with E-state index in [9.17, 15) is 13.2 Å². The summed E-state index contributed by atoms with van der Waals surface area (Å²) in [6.45, 7) is 3.28. The molecular formula is C15H24ClN3O3S. The van der Waals surface area contributed by atoms with E-state index in [-0.39, 0.29) is 30.1 Å². The van der Waals surface area contributed by atoms with E-state index in [1.165, 1.54) is 0 Å². The number of nitrogens with two attached hydrogens (primary N) is 2. The van der Waals surface area contributed by atoms with E-state index in [0.29, 0.717) is 30.1 Å². The van der Waals surface area contributed by atoms with Crippen LogP contribution >= 0.6 is 12.4 Å². The number of carbonyl (C=O) groups is 1. The van der Waals surface area contributed by atoms with Crippen LogP contribution in [0.5, 0.6) is 0 Å². The lowest BCUT2D eigenvalue weighted by molar-refractivity contribution is 0.0573. The van der Waals surface area contributed by atoms with E-state index in [1.54, 1.807) is 29.2 Å². The van der Waals surface area contributed by atoms with Gasteiger partial charge in [0.15, 0.2) is 0 Å². The number of carbonyl (C=O) groups excluding carboxylic acids is 1. The predicted molar refractivity (Wildman–Crippen MR) is 92.8 cm³/mol. The average molecular weight is 362 g/mol. The summed E-state index contributed by atoms with van der Waals surface area (Å²) >= 11 is 0. The molecule has 6 nitrogen and oxygen atoms in total. The summed E-state index contributed by atoms with van der Waals surface area (Å²) in [4.78, 5) is 14.5. The molecule has 1 amide bonds. The van der Waals surface area contributed by atoms with Gasteiger partial charge >= 0.3 is 0 Å². The van der Waals surface area contributed by atoms with Crippen molar-refractivity contribution in [2.75, 3.05) is 13.1 Å². The number of sulfonamides is 1. The van der Waals surface area contributed by atoms with Crippen LogP contribution in [0.4, 0.5) is 0 Å². The van der Waals surface area contributed by atoms with Gasteiger partial charge in [-0.1, -0.05) is 19.1 Å². The number of likely N-dealkylation sites (tertiary alicyclic amines) is 1. The van der Waals surface area contributed by atoms with Crippen molar-refractivity contribution >= 4 is 28.3 Å². The fraction of sp³-hybridized carbons (Fsp3) is 0.533. The van der Waals surface area contributed by atoms with Crippen LogP contribution in [-0.2, 0) is 15.8 Å². The van der Waals surface area contributed by atoms with E-state index < -0.39 is 10.0 Å². The Morgan fingerprint density at radius 3 is 2.70 bits per heavy atom. The van der Waals surface area contributed by atoms with Gasteiger partial charge in [-0.15, -0.1) is 12.4 Å². The van der Waals surface area contributed by atoms with Crippen LogP contribution in [0, 0.1) is 5.92 Å². The fourth-order valence-electron chi connectivity index (χ4n) is 2.93. The molecule has 130 valence electrons. The molecule has 1 aromatic rings. The SMILES string of the molecule is CC1CCN(C(=O)c2cccc(CS(N)(=O)=O)c2)C(CN)C1.Cl. The van der Waals surface area contributed by atoms with Crippen molar-refractivity contribution in [2.45, 2.75) is 31.6 Å². The Bertz CT molecular complexity index is 651. The van der Waals surface area contributed by atoms with Gasteiger partial charge in [0, 0.05) is 24.7 Å². The highest BCUT2D eigenvalue weighted by atomic mass is 35.5. The summed E-state index contributed by atoms with van der Waals surface area (Å²) < 4.78 is 22.4. The molecule has 2 atom stereocenters. The third-order valence-electron chi connectivity index (χ3n) is 4.05. The molecule has 1 fully saturated rings. The molecule has 1 aliphatic heterocycles. The largest absolute Gasteiger partial charge is 0.334 e. The Morgan fingerprint density at radius 2 is 2.09 bits per heavy atom. The van der Waals surface area contributed by atoms with E-state index in [4.69, 9.17) is 10.9 Å². The molecule has 1 heterocycles.